The minimum Gasteiger partial charge on any atom is -0.370 e. The molecule has 0 bridgehead atoms. The molecular formula is C9H10BrNO. The van der Waals surface area contributed by atoms with Crippen LogP contribution in [0.2, 0.25) is 0 Å². The zero-order valence-electron chi connectivity index (χ0n) is 6.59. The summed E-state index contributed by atoms with van der Waals surface area (Å²) >= 11 is 3.33. The summed E-state index contributed by atoms with van der Waals surface area (Å²) in [6.45, 7) is 0. The molecule has 1 amide bonds. The number of carbonyl (C=O) groups is 1. The fourth-order valence-corrected chi connectivity index (χ4v) is 1.18. The summed E-state index contributed by atoms with van der Waals surface area (Å²) in [6.07, 6.45) is 1.14. The first-order valence-electron chi connectivity index (χ1n) is 3.71. The molecule has 0 radical (unpaired) electrons. The van der Waals surface area contributed by atoms with E-state index in [0.717, 1.165) is 16.5 Å². The highest BCUT2D eigenvalue weighted by atomic mass is 79.9. The monoisotopic (exact) mass is 227 g/mol. The van der Waals surface area contributed by atoms with Gasteiger partial charge in [0.2, 0.25) is 5.91 Å². The van der Waals surface area contributed by atoms with Gasteiger partial charge in [-0.15, -0.1) is 0 Å². The molecule has 0 heterocycles. The normalized spacial score (nSPS) is 9.75. The zero-order chi connectivity index (χ0) is 8.97. The number of halogens is 1. The second-order valence-electron chi connectivity index (χ2n) is 2.59. The topological polar surface area (TPSA) is 43.1 Å². The molecule has 0 aliphatic rings. The quantitative estimate of drug-likeness (QED) is 0.842. The van der Waals surface area contributed by atoms with Crippen LogP contribution in [0.25, 0.3) is 0 Å². The fourth-order valence-electron chi connectivity index (χ4n) is 0.919. The highest BCUT2D eigenvalue weighted by Gasteiger charge is 1.96. The number of carbonyl (C=O) groups excluding carboxylic acids is 1. The molecule has 0 saturated carbocycles. The van der Waals surface area contributed by atoms with Gasteiger partial charge in [-0.3, -0.25) is 4.79 Å². The van der Waals surface area contributed by atoms with Crippen LogP contribution < -0.4 is 5.73 Å². The zero-order valence-corrected chi connectivity index (χ0v) is 8.17. The van der Waals surface area contributed by atoms with Crippen LogP contribution in [-0.4, -0.2) is 5.91 Å². The molecule has 0 atom stereocenters. The molecule has 0 aromatic heterocycles. The van der Waals surface area contributed by atoms with Gasteiger partial charge < -0.3 is 5.73 Å². The van der Waals surface area contributed by atoms with Gasteiger partial charge in [0.15, 0.2) is 0 Å². The molecular weight excluding hydrogens is 218 g/mol. The minimum atomic E-state index is -0.252. The lowest BCUT2D eigenvalue weighted by Gasteiger charge is -1.98. The molecule has 0 aliphatic carbocycles. The molecule has 0 unspecified atom stereocenters. The van der Waals surface area contributed by atoms with Crippen molar-refractivity contribution in [3.05, 3.63) is 34.3 Å². The number of hydrogen-bond acceptors (Lipinski definition) is 1. The van der Waals surface area contributed by atoms with Crippen LogP contribution in [0.15, 0.2) is 28.7 Å². The second-order valence-corrected chi connectivity index (χ2v) is 3.51. The summed E-state index contributed by atoms with van der Waals surface area (Å²) in [4.78, 5) is 10.5. The summed E-state index contributed by atoms with van der Waals surface area (Å²) < 4.78 is 1.05. The third kappa shape index (κ3) is 3.05. The van der Waals surface area contributed by atoms with Crippen LogP contribution >= 0.6 is 15.9 Å². The van der Waals surface area contributed by atoms with E-state index in [9.17, 15) is 4.79 Å². The van der Waals surface area contributed by atoms with Crippen molar-refractivity contribution in [3.63, 3.8) is 0 Å². The Morgan fingerprint density at radius 2 is 1.92 bits per heavy atom. The van der Waals surface area contributed by atoms with Gasteiger partial charge in [-0.1, -0.05) is 28.1 Å². The van der Waals surface area contributed by atoms with Gasteiger partial charge >= 0.3 is 0 Å². The van der Waals surface area contributed by atoms with Crippen molar-refractivity contribution in [3.8, 4) is 0 Å². The van der Waals surface area contributed by atoms with Gasteiger partial charge in [0.25, 0.3) is 0 Å². The Morgan fingerprint density at radius 3 is 2.42 bits per heavy atom. The van der Waals surface area contributed by atoms with Crippen LogP contribution in [-0.2, 0) is 11.2 Å². The average molecular weight is 228 g/mol. The van der Waals surface area contributed by atoms with E-state index in [1.807, 2.05) is 24.3 Å². The Morgan fingerprint density at radius 1 is 1.33 bits per heavy atom. The van der Waals surface area contributed by atoms with E-state index >= 15 is 0 Å². The smallest absolute Gasteiger partial charge is 0.217 e. The third-order valence-corrected chi connectivity index (χ3v) is 2.10. The molecule has 12 heavy (non-hydrogen) atoms. The van der Waals surface area contributed by atoms with Crippen LogP contribution in [0.5, 0.6) is 0 Å². The molecule has 0 saturated heterocycles. The first-order valence-corrected chi connectivity index (χ1v) is 4.50. The Bertz CT molecular complexity index is 268. The number of rotatable bonds is 3. The summed E-state index contributed by atoms with van der Waals surface area (Å²) in [6, 6.07) is 7.87. The third-order valence-electron chi connectivity index (χ3n) is 1.57. The molecule has 1 rings (SSSR count). The predicted octanol–water partition coefficient (Wildman–Crippen LogP) is 1.87. The maximum Gasteiger partial charge on any atom is 0.217 e. The SMILES string of the molecule is NC(=O)CCc1ccc(Br)cc1. The average Bonchev–Trinajstić information content (AvgIpc) is 2.03. The summed E-state index contributed by atoms with van der Waals surface area (Å²) in [5, 5.41) is 0. The molecule has 3 heteroatoms. The number of amides is 1. The van der Waals surface area contributed by atoms with Crippen LogP contribution in [0.4, 0.5) is 0 Å². The van der Waals surface area contributed by atoms with E-state index in [1.54, 1.807) is 0 Å². The molecule has 2 nitrogen and oxygen atoms in total. The van der Waals surface area contributed by atoms with Crippen molar-refractivity contribution in [2.45, 2.75) is 12.8 Å². The molecule has 64 valence electrons. The number of nitrogens with two attached hydrogens (primary N) is 1. The van der Waals surface area contributed by atoms with E-state index in [1.165, 1.54) is 0 Å². The maximum absolute atomic E-state index is 10.5. The lowest BCUT2D eigenvalue weighted by molar-refractivity contribution is -0.117. The van der Waals surface area contributed by atoms with Gasteiger partial charge in [-0.05, 0) is 24.1 Å². The molecule has 0 spiro atoms. The van der Waals surface area contributed by atoms with Crippen LogP contribution in [0, 0.1) is 0 Å². The Balaban J connectivity index is 2.53. The van der Waals surface area contributed by atoms with E-state index in [2.05, 4.69) is 15.9 Å². The number of benzene rings is 1. The molecule has 2 N–H and O–H groups in total. The largest absolute Gasteiger partial charge is 0.370 e. The maximum atomic E-state index is 10.5. The van der Waals surface area contributed by atoms with Gasteiger partial charge in [0.1, 0.15) is 0 Å². The molecule has 1 aromatic carbocycles. The van der Waals surface area contributed by atoms with E-state index in [4.69, 9.17) is 5.73 Å². The molecule has 0 fully saturated rings. The second kappa shape index (κ2) is 4.26. The van der Waals surface area contributed by atoms with Crippen LogP contribution in [0.3, 0.4) is 0 Å². The Labute approximate surface area is 79.9 Å². The van der Waals surface area contributed by atoms with Gasteiger partial charge in [0.05, 0.1) is 0 Å². The molecule has 1 aromatic rings. The molecule has 0 aliphatic heterocycles. The first kappa shape index (κ1) is 9.26. The van der Waals surface area contributed by atoms with Crippen molar-refractivity contribution >= 4 is 21.8 Å². The van der Waals surface area contributed by atoms with E-state index in [0.29, 0.717) is 6.42 Å². The summed E-state index contributed by atoms with van der Waals surface area (Å²) in [7, 11) is 0. The highest BCUT2D eigenvalue weighted by Crippen LogP contribution is 2.11. The first-order chi connectivity index (χ1) is 5.68. The Hall–Kier alpha value is -0.830. The van der Waals surface area contributed by atoms with E-state index < -0.39 is 0 Å². The lowest BCUT2D eigenvalue weighted by Crippen LogP contribution is -2.11. The summed E-state index contributed by atoms with van der Waals surface area (Å²) in [5.41, 5.74) is 6.16. The van der Waals surface area contributed by atoms with Crippen molar-refractivity contribution in [2.24, 2.45) is 5.73 Å². The van der Waals surface area contributed by atoms with Crippen LogP contribution in [0.1, 0.15) is 12.0 Å². The number of hydrogen-bond donors (Lipinski definition) is 1. The highest BCUT2D eigenvalue weighted by molar-refractivity contribution is 9.10. The van der Waals surface area contributed by atoms with Crippen molar-refractivity contribution in [1.29, 1.82) is 0 Å². The number of aryl methyl sites for hydroxylation is 1. The van der Waals surface area contributed by atoms with Crippen molar-refractivity contribution in [2.75, 3.05) is 0 Å². The lowest BCUT2D eigenvalue weighted by atomic mass is 10.1. The van der Waals surface area contributed by atoms with Crippen molar-refractivity contribution < 1.29 is 4.79 Å². The van der Waals surface area contributed by atoms with Gasteiger partial charge in [0, 0.05) is 10.9 Å². The van der Waals surface area contributed by atoms with Gasteiger partial charge in [-0.2, -0.15) is 0 Å². The number of primary amides is 1. The standard InChI is InChI=1S/C9H10BrNO/c10-8-4-1-7(2-5-8)3-6-9(11)12/h1-2,4-5H,3,6H2,(H2,11,12). The van der Waals surface area contributed by atoms with Crippen molar-refractivity contribution in [1.82, 2.24) is 0 Å². The minimum absolute atomic E-state index is 0.252. The van der Waals surface area contributed by atoms with E-state index in [-0.39, 0.29) is 5.91 Å². The fraction of sp³-hybridized carbons (Fsp3) is 0.222. The predicted molar refractivity (Wildman–Crippen MR) is 51.7 cm³/mol. The summed E-state index contributed by atoms with van der Waals surface area (Å²) in [5.74, 6) is -0.252. The van der Waals surface area contributed by atoms with Gasteiger partial charge in [-0.25, -0.2) is 0 Å². The Kier molecular flexibility index (Phi) is 3.29.